The molecule has 0 aliphatic carbocycles. The highest BCUT2D eigenvalue weighted by molar-refractivity contribution is 5.67. The second-order valence-corrected chi connectivity index (χ2v) is 7.03. The number of carbonyl (C=O) groups is 1. The molecule has 1 N–H and O–H groups in total. The number of likely N-dealkylation sites (N-methyl/N-ethyl adjacent to an activating group) is 1. The monoisotopic (exact) mass is 308 g/mol. The number of aromatic nitrogens is 2. The fraction of sp³-hybridized carbons (Fsp3) is 0.750. The first-order chi connectivity index (χ1) is 10.3. The van der Waals surface area contributed by atoms with Crippen LogP contribution in [0.4, 0.5) is 4.79 Å². The minimum Gasteiger partial charge on any atom is -0.444 e. The number of nitrogens with zero attached hydrogens (tertiary/aromatic N) is 3. The fourth-order valence-corrected chi connectivity index (χ4v) is 2.83. The first-order valence-corrected chi connectivity index (χ1v) is 8.01. The van der Waals surface area contributed by atoms with E-state index in [2.05, 4.69) is 26.8 Å². The molecule has 1 unspecified atom stereocenters. The number of alkyl carbamates (subject to hydrolysis) is 1. The van der Waals surface area contributed by atoms with E-state index in [4.69, 9.17) is 4.74 Å². The van der Waals surface area contributed by atoms with E-state index in [1.807, 2.05) is 33.3 Å². The van der Waals surface area contributed by atoms with Crippen molar-refractivity contribution in [2.75, 3.05) is 26.7 Å². The van der Waals surface area contributed by atoms with Gasteiger partial charge in [-0.25, -0.2) is 9.78 Å². The summed E-state index contributed by atoms with van der Waals surface area (Å²) in [5.41, 5.74) is 0.704. The smallest absolute Gasteiger partial charge is 0.407 e. The van der Waals surface area contributed by atoms with Crippen LogP contribution in [-0.4, -0.2) is 52.8 Å². The van der Waals surface area contributed by atoms with Crippen LogP contribution in [0, 0.1) is 0 Å². The Morgan fingerprint density at radius 3 is 2.95 bits per heavy atom. The largest absolute Gasteiger partial charge is 0.444 e. The molecule has 1 saturated heterocycles. The van der Waals surface area contributed by atoms with Crippen molar-refractivity contribution in [1.82, 2.24) is 19.8 Å². The Kier molecular flexibility index (Phi) is 5.45. The van der Waals surface area contributed by atoms with E-state index >= 15 is 0 Å². The standard InChI is InChI=1S/C16H28N4O2/c1-16(2,3)22-15(21)18-8-7-13-10-17-12-20(13)14-6-5-9-19(4)11-14/h10,12,14H,5-9,11H2,1-4H3,(H,18,21). The molecule has 1 aromatic heterocycles. The molecule has 1 aliphatic heterocycles. The summed E-state index contributed by atoms with van der Waals surface area (Å²) in [5, 5.41) is 2.80. The van der Waals surface area contributed by atoms with Crippen molar-refractivity contribution < 1.29 is 9.53 Å². The Morgan fingerprint density at radius 1 is 1.50 bits per heavy atom. The highest BCUT2D eigenvalue weighted by atomic mass is 16.6. The second-order valence-electron chi connectivity index (χ2n) is 7.03. The van der Waals surface area contributed by atoms with Crippen LogP contribution in [0.5, 0.6) is 0 Å². The predicted octanol–water partition coefficient (Wildman–Crippen LogP) is 2.22. The van der Waals surface area contributed by atoms with Gasteiger partial charge in [-0.15, -0.1) is 0 Å². The van der Waals surface area contributed by atoms with Crippen LogP contribution in [0.25, 0.3) is 0 Å². The molecule has 1 aromatic rings. The van der Waals surface area contributed by atoms with E-state index in [0.29, 0.717) is 12.6 Å². The summed E-state index contributed by atoms with van der Waals surface area (Å²) in [7, 11) is 2.16. The zero-order valence-corrected chi connectivity index (χ0v) is 14.1. The molecule has 0 radical (unpaired) electrons. The molecule has 0 saturated carbocycles. The van der Waals surface area contributed by atoms with Gasteiger partial charge in [0.1, 0.15) is 5.60 Å². The van der Waals surface area contributed by atoms with Crippen molar-refractivity contribution in [3.63, 3.8) is 0 Å². The molecule has 6 nitrogen and oxygen atoms in total. The number of ether oxygens (including phenoxy) is 1. The number of likely N-dealkylation sites (tertiary alicyclic amines) is 1. The molecule has 0 spiro atoms. The van der Waals surface area contributed by atoms with Gasteiger partial charge in [0.05, 0.1) is 6.33 Å². The van der Waals surface area contributed by atoms with Crippen LogP contribution in [0.3, 0.4) is 0 Å². The van der Waals surface area contributed by atoms with Crippen molar-refractivity contribution in [3.05, 3.63) is 18.2 Å². The van der Waals surface area contributed by atoms with Crippen molar-refractivity contribution in [2.24, 2.45) is 0 Å². The third-order valence-corrected chi connectivity index (χ3v) is 3.79. The number of carbonyl (C=O) groups excluding carboxylic acids is 1. The number of amides is 1. The maximum atomic E-state index is 11.7. The summed E-state index contributed by atoms with van der Waals surface area (Å²) in [6, 6.07) is 0.484. The Labute approximate surface area is 132 Å². The molecule has 124 valence electrons. The number of piperidine rings is 1. The van der Waals surface area contributed by atoms with Crippen LogP contribution in [0.2, 0.25) is 0 Å². The van der Waals surface area contributed by atoms with Crippen LogP contribution in [0.1, 0.15) is 45.3 Å². The SMILES string of the molecule is CN1CCCC(n2cncc2CCNC(=O)OC(C)(C)C)C1. The topological polar surface area (TPSA) is 59.4 Å². The maximum absolute atomic E-state index is 11.7. The summed E-state index contributed by atoms with van der Waals surface area (Å²) in [4.78, 5) is 18.3. The fourth-order valence-electron chi connectivity index (χ4n) is 2.83. The van der Waals surface area contributed by atoms with Crippen molar-refractivity contribution in [1.29, 1.82) is 0 Å². The Balaban J connectivity index is 1.84. The number of hydrogen-bond donors (Lipinski definition) is 1. The van der Waals surface area contributed by atoms with Gasteiger partial charge in [-0.05, 0) is 47.2 Å². The maximum Gasteiger partial charge on any atom is 0.407 e. The molecule has 1 aliphatic rings. The van der Waals surface area contributed by atoms with Crippen LogP contribution < -0.4 is 5.32 Å². The number of rotatable bonds is 4. The summed E-state index contributed by atoms with van der Waals surface area (Å²) in [6.45, 7) is 8.37. The summed E-state index contributed by atoms with van der Waals surface area (Å²) < 4.78 is 7.49. The quantitative estimate of drug-likeness (QED) is 0.926. The molecule has 1 fully saturated rings. The van der Waals surface area contributed by atoms with Crippen molar-refractivity contribution in [3.8, 4) is 0 Å². The zero-order chi connectivity index (χ0) is 16.2. The van der Waals surface area contributed by atoms with Gasteiger partial charge in [0.15, 0.2) is 0 Å². The van der Waals surface area contributed by atoms with Gasteiger partial charge in [-0.2, -0.15) is 0 Å². The first kappa shape index (κ1) is 16.8. The lowest BCUT2D eigenvalue weighted by Crippen LogP contribution is -2.35. The molecule has 22 heavy (non-hydrogen) atoms. The van der Waals surface area contributed by atoms with E-state index in [1.54, 1.807) is 0 Å². The molecule has 2 heterocycles. The lowest BCUT2D eigenvalue weighted by Gasteiger charge is -2.31. The normalized spacial score (nSPS) is 19.9. The number of imidazole rings is 1. The van der Waals surface area contributed by atoms with E-state index in [9.17, 15) is 4.79 Å². The highest BCUT2D eigenvalue weighted by Gasteiger charge is 2.20. The number of nitrogens with one attached hydrogen (secondary N) is 1. The lowest BCUT2D eigenvalue weighted by atomic mass is 10.1. The van der Waals surface area contributed by atoms with E-state index in [0.717, 1.165) is 18.7 Å². The lowest BCUT2D eigenvalue weighted by molar-refractivity contribution is 0.0528. The van der Waals surface area contributed by atoms with Crippen LogP contribution in [-0.2, 0) is 11.2 Å². The first-order valence-electron chi connectivity index (χ1n) is 8.01. The summed E-state index contributed by atoms with van der Waals surface area (Å²) in [5.74, 6) is 0. The average Bonchev–Trinajstić information content (AvgIpc) is 2.85. The third-order valence-electron chi connectivity index (χ3n) is 3.79. The van der Waals surface area contributed by atoms with Gasteiger partial charge < -0.3 is 19.5 Å². The Morgan fingerprint density at radius 2 is 2.27 bits per heavy atom. The van der Waals surface area contributed by atoms with Gasteiger partial charge in [0.25, 0.3) is 0 Å². The van der Waals surface area contributed by atoms with Gasteiger partial charge in [0, 0.05) is 37.4 Å². The highest BCUT2D eigenvalue weighted by Crippen LogP contribution is 2.22. The molecule has 1 atom stereocenters. The van der Waals surface area contributed by atoms with Crippen LogP contribution in [0.15, 0.2) is 12.5 Å². The molecule has 2 rings (SSSR count). The third kappa shape index (κ3) is 5.02. The molecule has 1 amide bonds. The molecule has 6 heteroatoms. The number of hydrogen-bond acceptors (Lipinski definition) is 4. The van der Waals surface area contributed by atoms with Crippen molar-refractivity contribution in [2.45, 2.75) is 51.7 Å². The molecular weight excluding hydrogens is 280 g/mol. The second kappa shape index (κ2) is 7.13. The molecular formula is C16H28N4O2. The van der Waals surface area contributed by atoms with E-state index in [1.165, 1.54) is 19.4 Å². The summed E-state index contributed by atoms with van der Waals surface area (Å²) in [6.07, 6.45) is 6.61. The van der Waals surface area contributed by atoms with E-state index < -0.39 is 5.60 Å². The Hall–Kier alpha value is -1.56. The minimum absolute atomic E-state index is 0.365. The van der Waals surface area contributed by atoms with Gasteiger partial charge in [-0.3, -0.25) is 0 Å². The van der Waals surface area contributed by atoms with Crippen LogP contribution >= 0.6 is 0 Å². The molecule has 0 bridgehead atoms. The minimum atomic E-state index is -0.460. The zero-order valence-electron chi connectivity index (χ0n) is 14.1. The van der Waals surface area contributed by atoms with E-state index in [-0.39, 0.29) is 6.09 Å². The predicted molar refractivity (Wildman–Crippen MR) is 85.9 cm³/mol. The van der Waals surface area contributed by atoms with Gasteiger partial charge >= 0.3 is 6.09 Å². The molecule has 0 aromatic carbocycles. The summed E-state index contributed by atoms with van der Waals surface area (Å²) >= 11 is 0. The van der Waals surface area contributed by atoms with Gasteiger partial charge in [0.2, 0.25) is 0 Å². The van der Waals surface area contributed by atoms with Gasteiger partial charge in [-0.1, -0.05) is 0 Å². The Bertz CT molecular complexity index is 493. The van der Waals surface area contributed by atoms with Crippen molar-refractivity contribution >= 4 is 6.09 Å². The average molecular weight is 308 g/mol.